The predicted molar refractivity (Wildman–Crippen MR) is 92.0 cm³/mol. The minimum absolute atomic E-state index is 0.326. The van der Waals surface area contributed by atoms with Crippen LogP contribution in [0.3, 0.4) is 0 Å². The minimum atomic E-state index is -1.47. The van der Waals surface area contributed by atoms with E-state index in [0.29, 0.717) is 0 Å². The molecule has 0 aliphatic rings. The third-order valence-electron chi connectivity index (χ3n) is 3.02. The van der Waals surface area contributed by atoms with E-state index in [9.17, 15) is 4.79 Å². The molecule has 0 fully saturated rings. The van der Waals surface area contributed by atoms with Crippen LogP contribution < -0.4 is 10.1 Å². The van der Waals surface area contributed by atoms with Gasteiger partial charge in [0.15, 0.2) is 0 Å². The fourth-order valence-corrected chi connectivity index (χ4v) is 3.86. The van der Waals surface area contributed by atoms with Crippen LogP contribution in [0.1, 0.15) is 20.8 Å². The number of amides is 1. The molecule has 1 aromatic rings. The number of anilines is 1. The van der Waals surface area contributed by atoms with Crippen LogP contribution in [0.2, 0.25) is 13.1 Å². The van der Waals surface area contributed by atoms with E-state index in [1.165, 1.54) is 5.19 Å². The fraction of sp³-hybridized carbons (Fsp3) is 0.533. The summed E-state index contributed by atoms with van der Waals surface area (Å²) in [5.74, 6) is 0. The lowest BCUT2D eigenvalue weighted by atomic mass is 10.2. The van der Waals surface area contributed by atoms with E-state index in [2.05, 4.69) is 41.2 Å². The lowest BCUT2D eigenvalue weighted by Crippen LogP contribution is -2.44. The van der Waals surface area contributed by atoms with E-state index < -0.39 is 13.7 Å². The molecule has 0 spiro atoms. The molecule has 0 aliphatic carbocycles. The minimum Gasteiger partial charge on any atom is -0.443 e. The molecule has 20 heavy (non-hydrogen) atoms. The van der Waals surface area contributed by atoms with Gasteiger partial charge in [-0.05, 0) is 32.9 Å². The summed E-state index contributed by atoms with van der Waals surface area (Å²) in [5, 5.41) is 1.32. The summed E-state index contributed by atoms with van der Waals surface area (Å²) < 4.78 is 5.39. The zero-order valence-electron chi connectivity index (χ0n) is 13.2. The van der Waals surface area contributed by atoms with E-state index in [1.54, 1.807) is 11.9 Å². The standard InChI is InChI=1S/C15H24BrNO2Si/c1-15(2,3)19-14(18)17(4)12-8-7-9-13(10-12)20(5,6)11-16/h7-10H,11H2,1-6H3. The van der Waals surface area contributed by atoms with Crippen molar-refractivity contribution in [2.75, 3.05) is 16.9 Å². The first-order valence-electron chi connectivity index (χ1n) is 6.70. The van der Waals surface area contributed by atoms with Crippen molar-refractivity contribution in [1.82, 2.24) is 0 Å². The van der Waals surface area contributed by atoms with Gasteiger partial charge in [-0.3, -0.25) is 4.90 Å². The monoisotopic (exact) mass is 357 g/mol. The van der Waals surface area contributed by atoms with Gasteiger partial charge in [-0.15, -0.1) is 0 Å². The van der Waals surface area contributed by atoms with Crippen LogP contribution >= 0.6 is 15.9 Å². The smallest absolute Gasteiger partial charge is 0.414 e. The molecule has 3 nitrogen and oxygen atoms in total. The Labute approximate surface area is 131 Å². The predicted octanol–water partition coefficient (Wildman–Crippen LogP) is 3.91. The summed E-state index contributed by atoms with van der Waals surface area (Å²) in [7, 11) is 0.272. The van der Waals surface area contributed by atoms with E-state index >= 15 is 0 Å². The molecule has 0 atom stereocenters. The maximum absolute atomic E-state index is 12.1. The second-order valence-electron chi connectivity index (χ2n) is 6.61. The van der Waals surface area contributed by atoms with Crippen LogP contribution in [-0.4, -0.2) is 31.8 Å². The van der Waals surface area contributed by atoms with Crippen LogP contribution in [-0.2, 0) is 4.74 Å². The number of ether oxygens (including phenoxy) is 1. The molecule has 1 rings (SSSR count). The zero-order chi connectivity index (χ0) is 15.6. The Morgan fingerprint density at radius 3 is 2.45 bits per heavy atom. The Balaban J connectivity index is 2.97. The highest BCUT2D eigenvalue weighted by Gasteiger charge is 2.24. The molecular weight excluding hydrogens is 334 g/mol. The number of carbonyl (C=O) groups is 1. The number of hydrogen-bond acceptors (Lipinski definition) is 2. The lowest BCUT2D eigenvalue weighted by molar-refractivity contribution is 0.0589. The van der Waals surface area contributed by atoms with Gasteiger partial charge in [-0.25, -0.2) is 4.79 Å². The molecule has 5 heteroatoms. The van der Waals surface area contributed by atoms with E-state index in [4.69, 9.17) is 4.74 Å². The molecule has 0 unspecified atom stereocenters. The molecule has 0 saturated heterocycles. The van der Waals surface area contributed by atoms with Gasteiger partial charge in [0.2, 0.25) is 0 Å². The largest absolute Gasteiger partial charge is 0.443 e. The summed E-state index contributed by atoms with van der Waals surface area (Å²) in [6.07, 6.45) is -0.326. The Kier molecular flexibility index (Phi) is 5.44. The Hall–Kier alpha value is -0.813. The SMILES string of the molecule is CN(C(=O)OC(C)(C)C)c1cccc([Si](C)(C)CBr)c1. The van der Waals surface area contributed by atoms with Gasteiger partial charge >= 0.3 is 6.09 Å². The Morgan fingerprint density at radius 2 is 1.95 bits per heavy atom. The maximum Gasteiger partial charge on any atom is 0.414 e. The third-order valence-corrected chi connectivity index (χ3v) is 9.76. The number of hydrogen-bond donors (Lipinski definition) is 0. The molecule has 0 radical (unpaired) electrons. The van der Waals surface area contributed by atoms with Crippen molar-refractivity contribution in [3.05, 3.63) is 24.3 Å². The highest BCUT2D eigenvalue weighted by Crippen LogP contribution is 2.17. The summed E-state index contributed by atoms with van der Waals surface area (Å²) >= 11 is 3.59. The van der Waals surface area contributed by atoms with Crippen molar-refractivity contribution in [1.29, 1.82) is 0 Å². The van der Waals surface area contributed by atoms with E-state index in [-0.39, 0.29) is 6.09 Å². The number of nitrogens with zero attached hydrogens (tertiary/aromatic N) is 1. The summed E-state index contributed by atoms with van der Waals surface area (Å²) in [6, 6.07) is 8.17. The van der Waals surface area contributed by atoms with Gasteiger partial charge in [0.1, 0.15) is 5.60 Å². The number of halogens is 1. The molecule has 1 aromatic carbocycles. The van der Waals surface area contributed by atoms with Crippen molar-refractivity contribution in [2.24, 2.45) is 0 Å². The van der Waals surface area contributed by atoms with Crippen LogP contribution in [0.4, 0.5) is 10.5 Å². The molecular formula is C15H24BrNO2Si. The topological polar surface area (TPSA) is 29.5 Å². The first kappa shape index (κ1) is 17.2. The molecule has 0 heterocycles. The van der Waals surface area contributed by atoms with Gasteiger partial charge < -0.3 is 4.74 Å². The summed E-state index contributed by atoms with van der Waals surface area (Å²) in [6.45, 7) is 10.2. The van der Waals surface area contributed by atoms with Gasteiger partial charge in [0.25, 0.3) is 0 Å². The molecule has 1 amide bonds. The van der Waals surface area contributed by atoms with Crippen molar-refractivity contribution in [3.8, 4) is 0 Å². The first-order valence-corrected chi connectivity index (χ1v) is 11.0. The van der Waals surface area contributed by atoms with Gasteiger partial charge in [-0.1, -0.05) is 46.3 Å². The van der Waals surface area contributed by atoms with Crippen LogP contribution in [0, 0.1) is 0 Å². The number of carbonyl (C=O) groups excluding carboxylic acids is 1. The van der Waals surface area contributed by atoms with Crippen LogP contribution in [0.15, 0.2) is 24.3 Å². The zero-order valence-corrected chi connectivity index (χ0v) is 15.7. The molecule has 112 valence electrons. The van der Waals surface area contributed by atoms with Crippen LogP contribution in [0.25, 0.3) is 0 Å². The normalized spacial score (nSPS) is 12.2. The number of rotatable bonds is 3. The second kappa shape index (κ2) is 6.31. The highest BCUT2D eigenvalue weighted by molar-refractivity contribution is 9.09. The third kappa shape index (κ3) is 4.63. The number of alkyl halides is 1. The molecule has 0 aliphatic heterocycles. The van der Waals surface area contributed by atoms with E-state index in [1.807, 2.05) is 32.9 Å². The molecule has 0 saturated carbocycles. The first-order chi connectivity index (χ1) is 9.07. The molecule has 0 N–H and O–H groups in total. The molecule has 0 aromatic heterocycles. The average Bonchev–Trinajstić information content (AvgIpc) is 2.36. The second-order valence-corrected chi connectivity index (χ2v) is 12.9. The van der Waals surface area contributed by atoms with E-state index in [0.717, 1.165) is 10.6 Å². The Bertz CT molecular complexity index is 483. The van der Waals surface area contributed by atoms with Crippen molar-refractivity contribution >= 4 is 41.0 Å². The number of benzene rings is 1. The lowest BCUT2D eigenvalue weighted by Gasteiger charge is -2.26. The van der Waals surface area contributed by atoms with Gasteiger partial charge in [0.05, 0.1) is 8.07 Å². The van der Waals surface area contributed by atoms with Crippen LogP contribution in [0.5, 0.6) is 0 Å². The Morgan fingerprint density at radius 1 is 1.35 bits per heavy atom. The summed E-state index contributed by atoms with van der Waals surface area (Å²) in [5.41, 5.74) is 0.394. The van der Waals surface area contributed by atoms with Crippen molar-refractivity contribution in [2.45, 2.75) is 39.5 Å². The average molecular weight is 358 g/mol. The quantitative estimate of drug-likeness (QED) is 0.606. The van der Waals surface area contributed by atoms with Crippen molar-refractivity contribution in [3.63, 3.8) is 0 Å². The van der Waals surface area contributed by atoms with Crippen molar-refractivity contribution < 1.29 is 9.53 Å². The molecule has 0 bridgehead atoms. The van der Waals surface area contributed by atoms with Gasteiger partial charge in [0, 0.05) is 17.7 Å². The highest BCUT2D eigenvalue weighted by atomic mass is 79.9. The van der Waals surface area contributed by atoms with Gasteiger partial charge in [-0.2, -0.15) is 0 Å². The summed E-state index contributed by atoms with van der Waals surface area (Å²) in [4.78, 5) is 14.7. The fourth-order valence-electron chi connectivity index (χ4n) is 1.65. The maximum atomic E-state index is 12.1.